The maximum Gasteiger partial charge on any atom is 0.409 e. The number of benzene rings is 1. The van der Waals surface area contributed by atoms with E-state index in [4.69, 9.17) is 5.11 Å². The molecule has 0 aliphatic rings. The van der Waals surface area contributed by atoms with Crippen LogP contribution in [0.25, 0.3) is 0 Å². The minimum Gasteiger partial charge on any atom is -0.465 e. The lowest BCUT2D eigenvalue weighted by Gasteiger charge is -2.02. The summed E-state index contributed by atoms with van der Waals surface area (Å²) < 4.78 is 0. The summed E-state index contributed by atoms with van der Waals surface area (Å²) in [4.78, 5) is 23.8. The summed E-state index contributed by atoms with van der Waals surface area (Å²) in [5.74, 6) is 0. The van der Waals surface area contributed by atoms with Crippen LogP contribution in [0.4, 0.5) is 16.2 Å². The highest BCUT2D eigenvalue weighted by molar-refractivity contribution is 5.83. The van der Waals surface area contributed by atoms with E-state index in [1.807, 2.05) is 0 Å². The Morgan fingerprint density at radius 1 is 1.57 bits per heavy atom. The van der Waals surface area contributed by atoms with Crippen molar-refractivity contribution in [2.75, 3.05) is 5.32 Å². The maximum atomic E-state index is 10.3. The molecular formula is C9H8N2O3. The normalized spacial score (nSPS) is 8.93. The first kappa shape index (κ1) is 9.95. The van der Waals surface area contributed by atoms with Gasteiger partial charge in [-0.1, -0.05) is 6.07 Å². The summed E-state index contributed by atoms with van der Waals surface area (Å²) in [5, 5.41) is 10.6. The van der Waals surface area contributed by atoms with E-state index in [2.05, 4.69) is 10.3 Å². The van der Waals surface area contributed by atoms with E-state index in [1.54, 1.807) is 19.1 Å². The number of carbonyl (C=O) groups excluding carboxylic acids is 1. The highest BCUT2D eigenvalue weighted by atomic mass is 16.4. The monoisotopic (exact) mass is 192 g/mol. The van der Waals surface area contributed by atoms with Crippen LogP contribution in [0.1, 0.15) is 5.56 Å². The number of hydrogen-bond donors (Lipinski definition) is 2. The molecule has 0 aliphatic heterocycles. The lowest BCUT2D eigenvalue weighted by molar-refractivity contribution is 0.210. The second-order valence-electron chi connectivity index (χ2n) is 2.63. The summed E-state index contributed by atoms with van der Waals surface area (Å²) >= 11 is 0. The Hall–Kier alpha value is -2.13. The molecule has 0 atom stereocenters. The largest absolute Gasteiger partial charge is 0.465 e. The van der Waals surface area contributed by atoms with E-state index in [0.717, 1.165) is 5.56 Å². The fourth-order valence-corrected chi connectivity index (χ4v) is 0.980. The molecular weight excluding hydrogens is 184 g/mol. The van der Waals surface area contributed by atoms with Crippen molar-refractivity contribution in [3.63, 3.8) is 0 Å². The van der Waals surface area contributed by atoms with E-state index in [0.29, 0.717) is 11.4 Å². The fraction of sp³-hybridized carbons (Fsp3) is 0.111. The Bertz CT molecular complexity index is 409. The number of isocyanates is 1. The average Bonchev–Trinajstić information content (AvgIpc) is 2.10. The molecule has 0 saturated carbocycles. The molecule has 0 radical (unpaired) electrons. The molecule has 0 saturated heterocycles. The molecule has 72 valence electrons. The molecule has 0 bridgehead atoms. The molecule has 1 aromatic rings. The van der Waals surface area contributed by atoms with Crippen LogP contribution in [0.2, 0.25) is 0 Å². The van der Waals surface area contributed by atoms with Crippen LogP contribution in [-0.4, -0.2) is 17.3 Å². The zero-order valence-electron chi connectivity index (χ0n) is 7.44. The van der Waals surface area contributed by atoms with E-state index < -0.39 is 6.09 Å². The Morgan fingerprint density at radius 3 is 2.86 bits per heavy atom. The SMILES string of the molecule is Cc1ccc(NC(=O)O)cc1N=C=O. The number of aliphatic imine (C=N–C) groups is 1. The Morgan fingerprint density at radius 2 is 2.29 bits per heavy atom. The van der Waals surface area contributed by atoms with Gasteiger partial charge in [0.2, 0.25) is 6.08 Å². The highest BCUT2D eigenvalue weighted by Crippen LogP contribution is 2.22. The van der Waals surface area contributed by atoms with Crippen LogP contribution in [0.15, 0.2) is 23.2 Å². The molecule has 2 N–H and O–H groups in total. The van der Waals surface area contributed by atoms with Gasteiger partial charge >= 0.3 is 6.09 Å². The summed E-state index contributed by atoms with van der Waals surface area (Å²) in [5.41, 5.74) is 1.56. The van der Waals surface area contributed by atoms with Gasteiger partial charge in [0.05, 0.1) is 5.69 Å². The summed E-state index contributed by atoms with van der Waals surface area (Å²) in [6.07, 6.45) is 0.248. The van der Waals surface area contributed by atoms with Crippen molar-refractivity contribution >= 4 is 23.5 Å². The number of rotatable bonds is 2. The van der Waals surface area contributed by atoms with Gasteiger partial charge in [0.15, 0.2) is 0 Å². The van der Waals surface area contributed by atoms with Crippen molar-refractivity contribution in [1.29, 1.82) is 0 Å². The molecule has 5 nitrogen and oxygen atoms in total. The van der Waals surface area contributed by atoms with Gasteiger partial charge in [-0.25, -0.2) is 9.59 Å². The molecule has 0 aliphatic carbocycles. The molecule has 14 heavy (non-hydrogen) atoms. The smallest absolute Gasteiger partial charge is 0.409 e. The molecule has 1 rings (SSSR count). The highest BCUT2D eigenvalue weighted by Gasteiger charge is 2.01. The van der Waals surface area contributed by atoms with Crippen molar-refractivity contribution in [3.05, 3.63) is 23.8 Å². The van der Waals surface area contributed by atoms with E-state index >= 15 is 0 Å². The van der Waals surface area contributed by atoms with Crippen LogP contribution in [-0.2, 0) is 4.79 Å². The standard InChI is InChI=1S/C9H8N2O3/c1-6-2-3-7(11-9(13)14)4-8(6)10-5-12/h2-4,11H,1H3,(H,13,14). The van der Waals surface area contributed by atoms with Crippen molar-refractivity contribution in [1.82, 2.24) is 0 Å². The third-order valence-corrected chi connectivity index (χ3v) is 1.63. The fourth-order valence-electron chi connectivity index (χ4n) is 0.980. The molecule has 1 aromatic carbocycles. The number of amides is 1. The molecule has 0 heterocycles. The van der Waals surface area contributed by atoms with Crippen LogP contribution >= 0.6 is 0 Å². The molecule has 0 spiro atoms. The van der Waals surface area contributed by atoms with Gasteiger partial charge in [0.25, 0.3) is 0 Å². The lowest BCUT2D eigenvalue weighted by Crippen LogP contribution is -2.06. The van der Waals surface area contributed by atoms with Crippen LogP contribution < -0.4 is 5.32 Å². The number of nitrogens with one attached hydrogen (secondary N) is 1. The second-order valence-corrected chi connectivity index (χ2v) is 2.63. The van der Waals surface area contributed by atoms with Gasteiger partial charge in [-0.3, -0.25) is 5.32 Å². The zero-order valence-corrected chi connectivity index (χ0v) is 7.44. The molecule has 1 amide bonds. The number of nitrogens with zero attached hydrogens (tertiary/aromatic N) is 1. The molecule has 0 unspecified atom stereocenters. The van der Waals surface area contributed by atoms with Gasteiger partial charge in [-0.15, -0.1) is 0 Å². The van der Waals surface area contributed by atoms with Crippen LogP contribution in [0.3, 0.4) is 0 Å². The van der Waals surface area contributed by atoms with Gasteiger partial charge in [0.1, 0.15) is 0 Å². The van der Waals surface area contributed by atoms with Crippen molar-refractivity contribution < 1.29 is 14.7 Å². The second kappa shape index (κ2) is 4.20. The molecule has 0 fully saturated rings. The van der Waals surface area contributed by atoms with Gasteiger partial charge in [0, 0.05) is 5.69 Å². The van der Waals surface area contributed by atoms with Crippen LogP contribution in [0, 0.1) is 6.92 Å². The average molecular weight is 192 g/mol. The number of hydrogen-bond acceptors (Lipinski definition) is 3. The van der Waals surface area contributed by atoms with E-state index in [9.17, 15) is 9.59 Å². The first-order valence-corrected chi connectivity index (χ1v) is 3.82. The third kappa shape index (κ3) is 2.43. The van der Waals surface area contributed by atoms with Gasteiger partial charge in [-0.05, 0) is 24.6 Å². The predicted octanol–water partition coefficient (Wildman–Crippen LogP) is 2.05. The van der Waals surface area contributed by atoms with E-state index in [1.165, 1.54) is 12.1 Å². The number of aryl methyl sites for hydroxylation is 1. The summed E-state index contributed by atoms with van der Waals surface area (Å²) in [6.45, 7) is 1.76. The number of carboxylic acid groups (broad SMARTS) is 1. The van der Waals surface area contributed by atoms with Crippen molar-refractivity contribution in [2.45, 2.75) is 6.92 Å². The molecule has 0 aromatic heterocycles. The summed E-state index contributed by atoms with van der Waals surface area (Å²) in [6, 6.07) is 4.73. The van der Waals surface area contributed by atoms with Crippen molar-refractivity contribution in [3.8, 4) is 0 Å². The summed E-state index contributed by atoms with van der Waals surface area (Å²) in [7, 11) is 0. The topological polar surface area (TPSA) is 78.8 Å². The minimum atomic E-state index is -1.16. The molecule has 5 heteroatoms. The van der Waals surface area contributed by atoms with Crippen LogP contribution in [0.5, 0.6) is 0 Å². The quantitative estimate of drug-likeness (QED) is 0.556. The number of anilines is 1. The Kier molecular flexibility index (Phi) is 2.99. The number of carbonyl (C=O) groups is 1. The minimum absolute atomic E-state index is 0.372. The van der Waals surface area contributed by atoms with Gasteiger partial charge < -0.3 is 5.11 Å². The third-order valence-electron chi connectivity index (χ3n) is 1.63. The lowest BCUT2D eigenvalue weighted by atomic mass is 10.2. The van der Waals surface area contributed by atoms with E-state index in [-0.39, 0.29) is 0 Å². The Labute approximate surface area is 80.1 Å². The first-order valence-electron chi connectivity index (χ1n) is 3.82. The maximum absolute atomic E-state index is 10.3. The predicted molar refractivity (Wildman–Crippen MR) is 50.6 cm³/mol. The van der Waals surface area contributed by atoms with Gasteiger partial charge in [-0.2, -0.15) is 4.99 Å². The zero-order chi connectivity index (χ0) is 10.6. The van der Waals surface area contributed by atoms with Crippen molar-refractivity contribution in [2.24, 2.45) is 4.99 Å². The Balaban J connectivity index is 3.05. The first-order chi connectivity index (χ1) is 6.63.